The van der Waals surface area contributed by atoms with E-state index in [1.54, 1.807) is 12.1 Å². The monoisotopic (exact) mass is 413 g/mol. The molecule has 1 N–H and O–H groups in total. The summed E-state index contributed by atoms with van der Waals surface area (Å²) >= 11 is 6.59. The second kappa shape index (κ2) is 7.18. The molecule has 0 aliphatic carbocycles. The van der Waals surface area contributed by atoms with Crippen LogP contribution in [-0.2, 0) is 6.42 Å². The lowest BCUT2D eigenvalue weighted by Crippen LogP contribution is -2.34. The van der Waals surface area contributed by atoms with Crippen LogP contribution < -0.4 is 5.32 Å². The summed E-state index contributed by atoms with van der Waals surface area (Å²) in [4.78, 5) is 12.2. The Morgan fingerprint density at radius 1 is 1.19 bits per heavy atom. The van der Waals surface area contributed by atoms with Crippen molar-refractivity contribution in [1.29, 1.82) is 0 Å². The average Bonchev–Trinajstić information content (AvgIpc) is 2.41. The molecule has 2 aromatic rings. The van der Waals surface area contributed by atoms with Gasteiger partial charge < -0.3 is 5.32 Å². The summed E-state index contributed by atoms with van der Waals surface area (Å²) in [5, 5.41) is 2.82. The minimum atomic E-state index is -0.530. The van der Waals surface area contributed by atoms with Crippen molar-refractivity contribution < 1.29 is 9.18 Å². The highest BCUT2D eigenvalue weighted by molar-refractivity contribution is 9.10. The first-order chi connectivity index (χ1) is 9.97. The number of carbonyl (C=O) groups is 1. The quantitative estimate of drug-likeness (QED) is 0.770. The maximum atomic E-state index is 13.7. The van der Waals surface area contributed by atoms with E-state index in [2.05, 4.69) is 37.2 Å². The maximum absolute atomic E-state index is 13.7. The highest BCUT2D eigenvalue weighted by Gasteiger charge is 2.17. The van der Waals surface area contributed by atoms with E-state index < -0.39 is 11.7 Å². The number of rotatable bonds is 4. The largest absolute Gasteiger partial charge is 0.349 e. The molecule has 21 heavy (non-hydrogen) atoms. The minimum Gasteiger partial charge on any atom is -0.349 e. The Balaban J connectivity index is 2.04. The minimum absolute atomic E-state index is 0.0418. The Hall–Kier alpha value is -1.20. The van der Waals surface area contributed by atoms with Gasteiger partial charge in [-0.3, -0.25) is 4.79 Å². The number of benzene rings is 2. The predicted octanol–water partition coefficient (Wildman–Crippen LogP) is 4.71. The molecule has 0 spiro atoms. The summed E-state index contributed by atoms with van der Waals surface area (Å²) in [6.07, 6.45) is 0.686. The molecule has 0 radical (unpaired) electrons. The molecule has 110 valence electrons. The van der Waals surface area contributed by atoms with E-state index in [1.807, 2.05) is 31.2 Å². The number of amides is 1. The van der Waals surface area contributed by atoms with Crippen molar-refractivity contribution in [2.45, 2.75) is 19.4 Å². The third kappa shape index (κ3) is 4.38. The van der Waals surface area contributed by atoms with Crippen LogP contribution in [0.1, 0.15) is 22.8 Å². The van der Waals surface area contributed by atoms with Crippen LogP contribution in [0.25, 0.3) is 0 Å². The van der Waals surface area contributed by atoms with E-state index in [9.17, 15) is 9.18 Å². The third-order valence-electron chi connectivity index (χ3n) is 3.02. The first kappa shape index (κ1) is 16.2. The molecule has 1 unspecified atom stereocenters. The number of nitrogens with one attached hydrogen (secondary N) is 1. The van der Waals surface area contributed by atoms with Gasteiger partial charge in [0.25, 0.3) is 5.91 Å². The van der Waals surface area contributed by atoms with E-state index in [1.165, 1.54) is 6.07 Å². The van der Waals surface area contributed by atoms with Gasteiger partial charge in [-0.2, -0.15) is 0 Å². The molecule has 5 heteroatoms. The molecule has 2 aromatic carbocycles. The molecule has 0 heterocycles. The van der Waals surface area contributed by atoms with Crippen LogP contribution in [0.15, 0.2) is 51.4 Å². The SMILES string of the molecule is CC(Cc1ccc(Br)cc1)NC(=O)c1c(F)cccc1Br. The highest BCUT2D eigenvalue weighted by atomic mass is 79.9. The number of halogens is 3. The summed E-state index contributed by atoms with van der Waals surface area (Å²) in [7, 11) is 0. The summed E-state index contributed by atoms with van der Waals surface area (Å²) in [5.41, 5.74) is 1.15. The third-order valence-corrected chi connectivity index (χ3v) is 4.21. The van der Waals surface area contributed by atoms with Gasteiger partial charge in [-0.05, 0) is 59.1 Å². The van der Waals surface area contributed by atoms with E-state index in [-0.39, 0.29) is 11.6 Å². The second-order valence-electron chi connectivity index (χ2n) is 4.80. The Labute approximate surface area is 140 Å². The Morgan fingerprint density at radius 3 is 2.48 bits per heavy atom. The van der Waals surface area contributed by atoms with Gasteiger partial charge in [0, 0.05) is 15.0 Å². The first-order valence-electron chi connectivity index (χ1n) is 6.46. The fourth-order valence-corrected chi connectivity index (χ4v) is 2.82. The van der Waals surface area contributed by atoms with Gasteiger partial charge >= 0.3 is 0 Å². The van der Waals surface area contributed by atoms with Crippen LogP contribution >= 0.6 is 31.9 Å². The first-order valence-corrected chi connectivity index (χ1v) is 8.05. The van der Waals surface area contributed by atoms with Crippen LogP contribution in [-0.4, -0.2) is 11.9 Å². The zero-order valence-electron chi connectivity index (χ0n) is 11.4. The molecule has 1 amide bonds. The smallest absolute Gasteiger partial charge is 0.255 e. The molecule has 0 saturated carbocycles. The molecule has 0 saturated heterocycles. The molecule has 0 aromatic heterocycles. The Morgan fingerprint density at radius 2 is 1.86 bits per heavy atom. The van der Waals surface area contributed by atoms with E-state index in [4.69, 9.17) is 0 Å². The van der Waals surface area contributed by atoms with Crippen molar-refractivity contribution >= 4 is 37.8 Å². The standard InChI is InChI=1S/C16H14Br2FNO/c1-10(9-11-5-7-12(17)8-6-11)20-16(21)15-13(18)3-2-4-14(15)19/h2-8,10H,9H2,1H3,(H,20,21). The normalized spacial score (nSPS) is 12.0. The lowest BCUT2D eigenvalue weighted by Gasteiger charge is -2.15. The van der Waals surface area contributed by atoms with Crippen LogP contribution in [0.2, 0.25) is 0 Å². The van der Waals surface area contributed by atoms with Crippen molar-refractivity contribution in [3.63, 3.8) is 0 Å². The van der Waals surface area contributed by atoms with Crippen molar-refractivity contribution in [3.05, 3.63) is 68.4 Å². The van der Waals surface area contributed by atoms with Crippen LogP contribution in [0.4, 0.5) is 4.39 Å². The lowest BCUT2D eigenvalue weighted by molar-refractivity contribution is 0.0935. The van der Waals surface area contributed by atoms with Gasteiger partial charge in [-0.15, -0.1) is 0 Å². The summed E-state index contributed by atoms with van der Waals surface area (Å²) in [6, 6.07) is 12.3. The lowest BCUT2D eigenvalue weighted by atomic mass is 10.1. The summed E-state index contributed by atoms with van der Waals surface area (Å²) < 4.78 is 15.2. The van der Waals surface area contributed by atoms with Gasteiger partial charge in [-0.1, -0.05) is 34.1 Å². The van der Waals surface area contributed by atoms with Crippen molar-refractivity contribution in [1.82, 2.24) is 5.32 Å². The van der Waals surface area contributed by atoms with Crippen molar-refractivity contribution in [2.75, 3.05) is 0 Å². The van der Waals surface area contributed by atoms with Gasteiger partial charge in [0.15, 0.2) is 0 Å². The summed E-state index contributed by atoms with van der Waals surface area (Å²) in [5.74, 6) is -0.942. The van der Waals surface area contributed by atoms with Crippen molar-refractivity contribution in [2.24, 2.45) is 0 Å². The molecule has 0 bridgehead atoms. The molecule has 1 atom stereocenters. The summed E-state index contributed by atoms with van der Waals surface area (Å²) in [6.45, 7) is 1.90. The van der Waals surface area contributed by atoms with Crippen LogP contribution in [0, 0.1) is 5.82 Å². The fraction of sp³-hybridized carbons (Fsp3) is 0.188. The zero-order valence-corrected chi connectivity index (χ0v) is 14.5. The zero-order chi connectivity index (χ0) is 15.4. The van der Waals surface area contributed by atoms with Gasteiger partial charge in [0.2, 0.25) is 0 Å². The molecule has 0 aliphatic heterocycles. The topological polar surface area (TPSA) is 29.1 Å². The molecular formula is C16H14Br2FNO. The second-order valence-corrected chi connectivity index (χ2v) is 6.57. The predicted molar refractivity (Wildman–Crippen MR) is 88.9 cm³/mol. The molecule has 0 aliphatic rings. The van der Waals surface area contributed by atoms with Crippen LogP contribution in [0.3, 0.4) is 0 Å². The maximum Gasteiger partial charge on any atom is 0.255 e. The Bertz CT molecular complexity index is 623. The van der Waals surface area contributed by atoms with Crippen LogP contribution in [0.5, 0.6) is 0 Å². The fourth-order valence-electron chi connectivity index (χ4n) is 2.04. The van der Waals surface area contributed by atoms with Gasteiger partial charge in [0.1, 0.15) is 5.82 Å². The molecule has 2 rings (SSSR count). The average molecular weight is 415 g/mol. The number of carbonyl (C=O) groups excluding carboxylic acids is 1. The van der Waals surface area contributed by atoms with E-state index in [0.717, 1.165) is 10.0 Å². The molecule has 2 nitrogen and oxygen atoms in total. The number of hydrogen-bond acceptors (Lipinski definition) is 1. The van der Waals surface area contributed by atoms with Gasteiger partial charge in [-0.25, -0.2) is 4.39 Å². The van der Waals surface area contributed by atoms with Gasteiger partial charge in [0.05, 0.1) is 5.56 Å². The van der Waals surface area contributed by atoms with E-state index in [0.29, 0.717) is 10.9 Å². The number of hydrogen-bond donors (Lipinski definition) is 1. The van der Waals surface area contributed by atoms with E-state index >= 15 is 0 Å². The highest BCUT2D eigenvalue weighted by Crippen LogP contribution is 2.20. The molecule has 0 fully saturated rings. The Kier molecular flexibility index (Phi) is 5.53. The molecular weight excluding hydrogens is 401 g/mol. The van der Waals surface area contributed by atoms with Crippen molar-refractivity contribution in [3.8, 4) is 0 Å².